The van der Waals surface area contributed by atoms with E-state index in [2.05, 4.69) is 41.5 Å². The van der Waals surface area contributed by atoms with Crippen molar-refractivity contribution in [3.05, 3.63) is 0 Å². The predicted octanol–water partition coefficient (Wildman–Crippen LogP) is 4.25. The van der Waals surface area contributed by atoms with E-state index in [1.807, 2.05) is 0 Å². The minimum absolute atomic E-state index is 0.451. The molecule has 0 heterocycles. The molecule has 1 rings (SSSR count). The third-order valence-electron chi connectivity index (χ3n) is 4.63. The Morgan fingerprint density at radius 3 is 1.58 bits per heavy atom. The molecule has 0 radical (unpaired) electrons. The molecule has 0 aromatic heterocycles. The van der Waals surface area contributed by atoms with Gasteiger partial charge in [0, 0.05) is 0 Å². The summed E-state index contributed by atoms with van der Waals surface area (Å²) in [6.45, 7) is 14.5. The number of rotatable bonds is 0. The van der Waals surface area contributed by atoms with Crippen molar-refractivity contribution < 1.29 is 0 Å². The van der Waals surface area contributed by atoms with Gasteiger partial charge in [-0.05, 0) is 29.1 Å². The van der Waals surface area contributed by atoms with Crippen molar-refractivity contribution in [2.45, 2.75) is 60.8 Å². The maximum absolute atomic E-state index is 2.47. The fourth-order valence-electron chi connectivity index (χ4n) is 2.89. The van der Waals surface area contributed by atoms with Crippen LogP contribution in [0.2, 0.25) is 0 Å². The Labute approximate surface area is 77.7 Å². The van der Waals surface area contributed by atoms with Crippen molar-refractivity contribution in [2.24, 2.45) is 16.2 Å². The summed E-state index contributed by atoms with van der Waals surface area (Å²) < 4.78 is 0. The van der Waals surface area contributed by atoms with E-state index in [9.17, 15) is 0 Å². The quantitative estimate of drug-likeness (QED) is 0.507. The number of hydrogen-bond acceptors (Lipinski definition) is 0. The summed E-state index contributed by atoms with van der Waals surface area (Å²) in [5, 5.41) is 0. The summed E-state index contributed by atoms with van der Waals surface area (Å²) in [6.07, 6.45) is 4.23. The van der Waals surface area contributed by atoms with Gasteiger partial charge in [-0.2, -0.15) is 0 Å². The molecule has 1 aliphatic rings. The molecule has 0 aliphatic heterocycles. The lowest BCUT2D eigenvalue weighted by Crippen LogP contribution is -2.41. The standard InChI is InChI=1S/C12H24/c1-10(2,3)12(6)9-7-8-11(12,4)5/h7-9H2,1-6H3. The molecule has 0 spiro atoms. The minimum Gasteiger partial charge on any atom is -0.0596 e. The first-order valence-electron chi connectivity index (χ1n) is 5.21. The Balaban J connectivity index is 2.98. The molecular weight excluding hydrogens is 144 g/mol. The van der Waals surface area contributed by atoms with Crippen LogP contribution >= 0.6 is 0 Å². The maximum Gasteiger partial charge on any atom is -0.0226 e. The van der Waals surface area contributed by atoms with E-state index >= 15 is 0 Å². The van der Waals surface area contributed by atoms with E-state index in [-0.39, 0.29) is 0 Å². The maximum atomic E-state index is 2.47. The highest BCUT2D eigenvalue weighted by atomic mass is 14.6. The van der Waals surface area contributed by atoms with Crippen molar-refractivity contribution >= 4 is 0 Å². The highest BCUT2D eigenvalue weighted by Crippen LogP contribution is 2.60. The van der Waals surface area contributed by atoms with Gasteiger partial charge in [-0.3, -0.25) is 0 Å². The zero-order valence-corrected chi connectivity index (χ0v) is 9.62. The molecule has 0 heteroatoms. The molecule has 0 aromatic rings. The van der Waals surface area contributed by atoms with E-state index in [1.54, 1.807) is 0 Å². The van der Waals surface area contributed by atoms with Gasteiger partial charge >= 0.3 is 0 Å². The second-order valence-electron chi connectivity index (χ2n) is 6.32. The predicted molar refractivity (Wildman–Crippen MR) is 55.2 cm³/mol. The van der Waals surface area contributed by atoms with Crippen LogP contribution < -0.4 is 0 Å². The van der Waals surface area contributed by atoms with Gasteiger partial charge in [-0.1, -0.05) is 48.0 Å². The summed E-state index contributed by atoms with van der Waals surface area (Å²) in [4.78, 5) is 0. The molecule has 1 saturated carbocycles. The normalized spacial score (nSPS) is 35.5. The topological polar surface area (TPSA) is 0 Å². The Morgan fingerprint density at radius 1 is 0.917 bits per heavy atom. The van der Waals surface area contributed by atoms with Gasteiger partial charge in [0.1, 0.15) is 0 Å². The van der Waals surface area contributed by atoms with E-state index in [0.29, 0.717) is 16.2 Å². The molecule has 0 amide bonds. The smallest absolute Gasteiger partial charge is 0.0226 e. The van der Waals surface area contributed by atoms with Gasteiger partial charge in [0.15, 0.2) is 0 Å². The van der Waals surface area contributed by atoms with Crippen molar-refractivity contribution in [3.8, 4) is 0 Å². The first-order chi connectivity index (χ1) is 5.21. The zero-order valence-electron chi connectivity index (χ0n) is 9.62. The molecule has 1 unspecified atom stereocenters. The van der Waals surface area contributed by atoms with Crippen LogP contribution in [0.1, 0.15) is 60.8 Å². The van der Waals surface area contributed by atoms with E-state index in [4.69, 9.17) is 0 Å². The average Bonchev–Trinajstić information content (AvgIpc) is 2.07. The highest BCUT2D eigenvalue weighted by molar-refractivity contribution is 5.01. The fraction of sp³-hybridized carbons (Fsp3) is 1.00. The van der Waals surface area contributed by atoms with Gasteiger partial charge in [0.25, 0.3) is 0 Å². The van der Waals surface area contributed by atoms with E-state index in [0.717, 1.165) is 0 Å². The van der Waals surface area contributed by atoms with Crippen LogP contribution in [0.3, 0.4) is 0 Å². The highest BCUT2D eigenvalue weighted by Gasteiger charge is 2.51. The molecule has 0 bridgehead atoms. The Kier molecular flexibility index (Phi) is 2.10. The lowest BCUT2D eigenvalue weighted by atomic mass is 9.56. The van der Waals surface area contributed by atoms with Gasteiger partial charge in [0.2, 0.25) is 0 Å². The average molecular weight is 168 g/mol. The van der Waals surface area contributed by atoms with Crippen LogP contribution in [0.5, 0.6) is 0 Å². The second-order valence-corrected chi connectivity index (χ2v) is 6.32. The van der Waals surface area contributed by atoms with Gasteiger partial charge in [0.05, 0.1) is 0 Å². The summed E-state index contributed by atoms with van der Waals surface area (Å²) in [7, 11) is 0. The molecule has 72 valence electrons. The molecule has 1 fully saturated rings. The Bertz CT molecular complexity index is 171. The van der Waals surface area contributed by atoms with E-state index in [1.165, 1.54) is 19.3 Å². The largest absolute Gasteiger partial charge is 0.0596 e. The van der Waals surface area contributed by atoms with E-state index < -0.39 is 0 Å². The monoisotopic (exact) mass is 168 g/mol. The molecule has 12 heavy (non-hydrogen) atoms. The third kappa shape index (κ3) is 1.20. The second kappa shape index (κ2) is 2.49. The molecular formula is C12H24. The first-order valence-corrected chi connectivity index (χ1v) is 5.21. The fourth-order valence-corrected chi connectivity index (χ4v) is 2.89. The summed E-state index contributed by atoms with van der Waals surface area (Å²) in [5.41, 5.74) is 1.51. The van der Waals surface area contributed by atoms with Crippen LogP contribution in [0.4, 0.5) is 0 Å². The van der Waals surface area contributed by atoms with Crippen LogP contribution in [-0.2, 0) is 0 Å². The van der Waals surface area contributed by atoms with Crippen molar-refractivity contribution in [1.82, 2.24) is 0 Å². The lowest BCUT2D eigenvalue weighted by Gasteiger charge is -2.49. The molecule has 0 aromatic carbocycles. The summed E-state index contributed by atoms with van der Waals surface area (Å²) in [5.74, 6) is 0. The van der Waals surface area contributed by atoms with Crippen molar-refractivity contribution in [1.29, 1.82) is 0 Å². The molecule has 0 saturated heterocycles. The van der Waals surface area contributed by atoms with Gasteiger partial charge in [-0.25, -0.2) is 0 Å². The Morgan fingerprint density at radius 2 is 1.42 bits per heavy atom. The van der Waals surface area contributed by atoms with Crippen molar-refractivity contribution in [3.63, 3.8) is 0 Å². The third-order valence-corrected chi connectivity index (χ3v) is 4.63. The Hall–Kier alpha value is 0. The van der Waals surface area contributed by atoms with Crippen LogP contribution in [0, 0.1) is 16.2 Å². The van der Waals surface area contributed by atoms with Crippen LogP contribution in [0.15, 0.2) is 0 Å². The summed E-state index contributed by atoms with van der Waals surface area (Å²) in [6, 6.07) is 0. The van der Waals surface area contributed by atoms with Gasteiger partial charge in [-0.15, -0.1) is 0 Å². The molecule has 1 atom stereocenters. The molecule has 1 aliphatic carbocycles. The molecule has 0 N–H and O–H groups in total. The molecule has 0 nitrogen and oxygen atoms in total. The van der Waals surface area contributed by atoms with Crippen molar-refractivity contribution in [2.75, 3.05) is 0 Å². The SMILES string of the molecule is CC(C)(C)C1(C)CCCC1(C)C. The van der Waals surface area contributed by atoms with Crippen LogP contribution in [0.25, 0.3) is 0 Å². The van der Waals surface area contributed by atoms with Gasteiger partial charge < -0.3 is 0 Å². The zero-order chi connectivity index (χ0) is 9.62. The minimum atomic E-state index is 0.451. The lowest BCUT2D eigenvalue weighted by molar-refractivity contribution is 0.00467. The van der Waals surface area contributed by atoms with Crippen LogP contribution in [-0.4, -0.2) is 0 Å². The number of hydrogen-bond donors (Lipinski definition) is 0. The first kappa shape index (κ1) is 10.1. The summed E-state index contributed by atoms with van der Waals surface area (Å²) >= 11 is 0.